The highest BCUT2D eigenvalue weighted by atomic mass is 127. The van der Waals surface area contributed by atoms with Crippen molar-refractivity contribution in [3.05, 3.63) is 0 Å². The first kappa shape index (κ1) is 16.6. The Hall–Kier alpha value is 0.650. The molecule has 0 aliphatic heterocycles. The SMILES string of the molecule is COCCOC(=O)OCC(CO)(CI)CI. The maximum absolute atomic E-state index is 11.1. The van der Waals surface area contributed by atoms with Crippen molar-refractivity contribution in [3.63, 3.8) is 0 Å². The van der Waals surface area contributed by atoms with Crippen LogP contribution in [0.25, 0.3) is 0 Å². The van der Waals surface area contributed by atoms with E-state index in [1.165, 1.54) is 7.11 Å². The molecule has 5 nitrogen and oxygen atoms in total. The number of rotatable bonds is 8. The van der Waals surface area contributed by atoms with Crippen LogP contribution in [-0.4, -0.2) is 53.7 Å². The molecule has 16 heavy (non-hydrogen) atoms. The molecule has 0 aliphatic rings. The van der Waals surface area contributed by atoms with Gasteiger partial charge in [-0.1, -0.05) is 45.2 Å². The molecule has 0 radical (unpaired) electrons. The van der Waals surface area contributed by atoms with Gasteiger partial charge in [-0.25, -0.2) is 4.79 Å². The van der Waals surface area contributed by atoms with Gasteiger partial charge in [0.15, 0.2) is 0 Å². The van der Waals surface area contributed by atoms with E-state index in [2.05, 4.69) is 45.2 Å². The first-order chi connectivity index (χ1) is 7.64. The third-order valence-corrected chi connectivity index (χ3v) is 5.14. The summed E-state index contributed by atoms with van der Waals surface area (Å²) >= 11 is 4.33. The maximum Gasteiger partial charge on any atom is 0.508 e. The molecule has 0 aromatic heterocycles. The molecule has 7 heteroatoms. The van der Waals surface area contributed by atoms with Gasteiger partial charge < -0.3 is 19.3 Å². The lowest BCUT2D eigenvalue weighted by molar-refractivity contribution is 0.00875. The molecule has 0 saturated carbocycles. The van der Waals surface area contributed by atoms with E-state index in [1.807, 2.05) is 0 Å². The number of alkyl halides is 2. The van der Waals surface area contributed by atoms with Crippen LogP contribution in [0.2, 0.25) is 0 Å². The Labute approximate surface area is 122 Å². The molecule has 0 aliphatic carbocycles. The fourth-order valence-corrected chi connectivity index (χ4v) is 3.20. The quantitative estimate of drug-likeness (QED) is 0.260. The van der Waals surface area contributed by atoms with E-state index in [0.717, 1.165) is 8.86 Å². The van der Waals surface area contributed by atoms with Gasteiger partial charge in [-0.2, -0.15) is 0 Å². The number of aliphatic hydroxyl groups excluding tert-OH is 1. The molecular weight excluding hydrogens is 442 g/mol. The van der Waals surface area contributed by atoms with Crippen molar-refractivity contribution >= 4 is 51.3 Å². The second-order valence-corrected chi connectivity index (χ2v) is 4.83. The predicted molar refractivity (Wildman–Crippen MR) is 76.5 cm³/mol. The lowest BCUT2D eigenvalue weighted by Gasteiger charge is -2.26. The molecule has 0 aromatic rings. The summed E-state index contributed by atoms with van der Waals surface area (Å²) in [7, 11) is 1.53. The Morgan fingerprint density at radius 2 is 1.88 bits per heavy atom. The highest BCUT2D eigenvalue weighted by Gasteiger charge is 2.29. The van der Waals surface area contributed by atoms with E-state index < -0.39 is 6.16 Å². The van der Waals surface area contributed by atoms with E-state index >= 15 is 0 Å². The molecule has 0 saturated heterocycles. The van der Waals surface area contributed by atoms with Gasteiger partial charge in [-0.05, 0) is 0 Å². The van der Waals surface area contributed by atoms with E-state index in [0.29, 0.717) is 6.61 Å². The van der Waals surface area contributed by atoms with Crippen molar-refractivity contribution in [3.8, 4) is 0 Å². The van der Waals surface area contributed by atoms with Gasteiger partial charge in [-0.3, -0.25) is 0 Å². The van der Waals surface area contributed by atoms with Crippen molar-refractivity contribution in [1.29, 1.82) is 0 Å². The monoisotopic (exact) mass is 458 g/mol. The average molecular weight is 458 g/mol. The Kier molecular flexibility index (Phi) is 10.0. The van der Waals surface area contributed by atoms with Crippen molar-refractivity contribution < 1.29 is 24.1 Å². The lowest BCUT2D eigenvalue weighted by atomic mass is 9.96. The zero-order chi connectivity index (χ0) is 12.4. The van der Waals surface area contributed by atoms with Gasteiger partial charge in [0.25, 0.3) is 0 Å². The fourth-order valence-electron chi connectivity index (χ4n) is 0.705. The van der Waals surface area contributed by atoms with Crippen LogP contribution in [-0.2, 0) is 14.2 Å². The Morgan fingerprint density at radius 1 is 1.25 bits per heavy atom. The Balaban J connectivity index is 3.87. The minimum Gasteiger partial charge on any atom is -0.434 e. The van der Waals surface area contributed by atoms with Crippen LogP contribution in [0.1, 0.15) is 0 Å². The summed E-state index contributed by atoms with van der Waals surface area (Å²) in [4.78, 5) is 11.1. The maximum atomic E-state index is 11.1. The van der Waals surface area contributed by atoms with Crippen molar-refractivity contribution in [2.45, 2.75) is 0 Å². The molecule has 1 N–H and O–H groups in total. The summed E-state index contributed by atoms with van der Waals surface area (Å²) < 4.78 is 15.8. The van der Waals surface area contributed by atoms with Gasteiger partial charge in [0.1, 0.15) is 13.2 Å². The number of halogens is 2. The van der Waals surface area contributed by atoms with Crippen molar-refractivity contribution in [2.75, 3.05) is 42.4 Å². The van der Waals surface area contributed by atoms with Crippen LogP contribution in [0, 0.1) is 5.41 Å². The number of methoxy groups -OCH3 is 1. The van der Waals surface area contributed by atoms with Gasteiger partial charge in [0.05, 0.1) is 13.2 Å². The molecule has 0 aromatic carbocycles. The van der Waals surface area contributed by atoms with Crippen LogP contribution in [0.3, 0.4) is 0 Å². The predicted octanol–water partition coefficient (Wildman–Crippen LogP) is 1.63. The normalized spacial score (nSPS) is 11.2. The number of ether oxygens (including phenoxy) is 3. The molecule has 0 heterocycles. The van der Waals surface area contributed by atoms with Crippen LogP contribution in [0.4, 0.5) is 4.79 Å². The van der Waals surface area contributed by atoms with Crippen LogP contribution in [0.5, 0.6) is 0 Å². The van der Waals surface area contributed by atoms with Gasteiger partial charge in [0, 0.05) is 21.4 Å². The standard InChI is InChI=1S/C9H16I2O5/c1-14-2-3-15-8(13)16-7-9(4-10,5-11)6-12/h12H,2-7H2,1H3. The van der Waals surface area contributed by atoms with Crippen LogP contribution >= 0.6 is 45.2 Å². The van der Waals surface area contributed by atoms with Crippen molar-refractivity contribution in [1.82, 2.24) is 0 Å². The number of aliphatic hydroxyl groups is 1. The topological polar surface area (TPSA) is 65.0 Å². The molecule has 0 rings (SSSR count). The Bertz CT molecular complexity index is 188. The summed E-state index contributed by atoms with van der Waals surface area (Å²) in [5.74, 6) is 0. The molecule has 0 spiro atoms. The highest BCUT2D eigenvalue weighted by Crippen LogP contribution is 2.23. The Morgan fingerprint density at radius 3 is 2.31 bits per heavy atom. The highest BCUT2D eigenvalue weighted by molar-refractivity contribution is 14.1. The molecule has 0 bridgehead atoms. The fraction of sp³-hybridized carbons (Fsp3) is 0.889. The molecule has 96 valence electrons. The first-order valence-corrected chi connectivity index (χ1v) is 7.70. The summed E-state index contributed by atoms with van der Waals surface area (Å²) in [6, 6.07) is 0. The van der Waals surface area contributed by atoms with Gasteiger partial charge >= 0.3 is 6.16 Å². The van der Waals surface area contributed by atoms with Crippen molar-refractivity contribution in [2.24, 2.45) is 5.41 Å². The molecule has 0 fully saturated rings. The number of carbonyl (C=O) groups is 1. The van der Waals surface area contributed by atoms with Crippen LogP contribution < -0.4 is 0 Å². The van der Waals surface area contributed by atoms with E-state index in [1.54, 1.807) is 0 Å². The van der Waals surface area contributed by atoms with E-state index in [4.69, 9.17) is 14.2 Å². The number of hydrogen-bond donors (Lipinski definition) is 1. The second-order valence-electron chi connectivity index (χ2n) is 3.31. The minimum absolute atomic E-state index is 0.00969. The third-order valence-electron chi connectivity index (χ3n) is 1.91. The largest absolute Gasteiger partial charge is 0.508 e. The summed E-state index contributed by atoms with van der Waals surface area (Å²) in [6.45, 7) is 0.681. The molecule has 0 atom stereocenters. The minimum atomic E-state index is -0.718. The average Bonchev–Trinajstić information content (AvgIpc) is 2.32. The third kappa shape index (κ3) is 6.40. The molecular formula is C9H16I2O5. The lowest BCUT2D eigenvalue weighted by Crippen LogP contribution is -2.35. The second kappa shape index (κ2) is 9.66. The zero-order valence-electron chi connectivity index (χ0n) is 9.08. The van der Waals surface area contributed by atoms with Gasteiger partial charge in [0.2, 0.25) is 0 Å². The van der Waals surface area contributed by atoms with E-state index in [9.17, 15) is 9.90 Å². The summed E-state index contributed by atoms with van der Waals surface area (Å²) in [5, 5.41) is 9.24. The van der Waals surface area contributed by atoms with Crippen LogP contribution in [0.15, 0.2) is 0 Å². The smallest absolute Gasteiger partial charge is 0.434 e. The first-order valence-electron chi connectivity index (χ1n) is 4.65. The van der Waals surface area contributed by atoms with Gasteiger partial charge in [-0.15, -0.1) is 0 Å². The summed E-state index contributed by atoms with van der Waals surface area (Å²) in [5.41, 5.74) is -0.374. The zero-order valence-corrected chi connectivity index (χ0v) is 13.4. The van der Waals surface area contributed by atoms with E-state index in [-0.39, 0.29) is 25.2 Å². The molecule has 0 amide bonds. The summed E-state index contributed by atoms with van der Waals surface area (Å²) in [6.07, 6.45) is -0.718. The number of hydrogen-bond acceptors (Lipinski definition) is 5. The number of carbonyl (C=O) groups excluding carboxylic acids is 1. The molecule has 0 unspecified atom stereocenters.